The van der Waals surface area contributed by atoms with E-state index in [4.69, 9.17) is 0 Å². The summed E-state index contributed by atoms with van der Waals surface area (Å²) in [6.45, 7) is 3.82. The summed E-state index contributed by atoms with van der Waals surface area (Å²) < 4.78 is 0. The molecule has 1 saturated carbocycles. The molecule has 0 bridgehead atoms. The zero-order valence-electron chi connectivity index (χ0n) is 15.5. The summed E-state index contributed by atoms with van der Waals surface area (Å²) in [6.07, 6.45) is 5.94. The van der Waals surface area contributed by atoms with E-state index in [9.17, 15) is 4.79 Å². The highest BCUT2D eigenvalue weighted by atomic mass is 16.2. The molecule has 1 saturated heterocycles. The smallest absolute Gasteiger partial charge is 0.224 e. The number of aromatic nitrogens is 2. The molecular weight excluding hydrogens is 336 g/mol. The van der Waals surface area contributed by atoms with Gasteiger partial charge in [0, 0.05) is 47.8 Å². The molecule has 1 aromatic carbocycles. The molecule has 3 atom stereocenters. The summed E-state index contributed by atoms with van der Waals surface area (Å²) in [6, 6.07) is 12.7. The molecule has 0 radical (unpaired) electrons. The molecule has 138 valence electrons. The number of fused-ring (bicyclic) bond motifs is 1. The predicted molar refractivity (Wildman–Crippen MR) is 107 cm³/mol. The highest BCUT2D eigenvalue weighted by molar-refractivity contribution is 5.88. The third-order valence-corrected chi connectivity index (χ3v) is 5.94. The maximum Gasteiger partial charge on any atom is 0.224 e. The van der Waals surface area contributed by atoms with Gasteiger partial charge in [-0.15, -0.1) is 0 Å². The molecule has 2 N–H and O–H groups in total. The van der Waals surface area contributed by atoms with Crippen molar-refractivity contribution in [1.82, 2.24) is 15.3 Å². The molecule has 2 unspecified atom stereocenters. The summed E-state index contributed by atoms with van der Waals surface area (Å²) in [4.78, 5) is 22.8. The van der Waals surface area contributed by atoms with Gasteiger partial charge in [-0.1, -0.05) is 18.2 Å². The first-order chi connectivity index (χ1) is 13.2. The van der Waals surface area contributed by atoms with E-state index < -0.39 is 0 Å². The van der Waals surface area contributed by atoms with Gasteiger partial charge in [-0.25, -0.2) is 0 Å². The predicted octanol–water partition coefficient (Wildman–Crippen LogP) is 3.37. The third-order valence-electron chi connectivity index (χ3n) is 5.94. The van der Waals surface area contributed by atoms with Gasteiger partial charge in [-0.3, -0.25) is 9.78 Å². The third kappa shape index (κ3) is 3.07. The van der Waals surface area contributed by atoms with Crippen LogP contribution in [-0.4, -0.2) is 35.0 Å². The van der Waals surface area contributed by atoms with Crippen LogP contribution in [0.15, 0.2) is 48.8 Å². The molecular formula is C22H24N4O. The van der Waals surface area contributed by atoms with E-state index in [1.807, 2.05) is 25.3 Å². The number of aromatic amines is 1. The molecule has 1 amide bonds. The Bertz CT molecular complexity index is 977. The number of nitrogens with zero attached hydrogens (tertiary/aromatic N) is 2. The molecule has 5 heteroatoms. The molecule has 2 fully saturated rings. The molecule has 2 aliphatic rings. The first-order valence-corrected chi connectivity index (χ1v) is 9.73. The number of anilines is 1. The zero-order chi connectivity index (χ0) is 18.4. The lowest BCUT2D eigenvalue weighted by molar-refractivity contribution is -0.123. The lowest BCUT2D eigenvalue weighted by Crippen LogP contribution is -2.38. The van der Waals surface area contributed by atoms with Crippen LogP contribution in [0.4, 0.5) is 5.69 Å². The van der Waals surface area contributed by atoms with Crippen molar-refractivity contribution in [3.05, 3.63) is 60.0 Å². The summed E-state index contributed by atoms with van der Waals surface area (Å²) >= 11 is 0. The number of hydrogen-bond acceptors (Lipinski definition) is 3. The number of para-hydroxylation sites is 1. The fourth-order valence-corrected chi connectivity index (χ4v) is 4.30. The Morgan fingerprint density at radius 2 is 2.15 bits per heavy atom. The van der Waals surface area contributed by atoms with Crippen LogP contribution in [0.5, 0.6) is 0 Å². The topological polar surface area (TPSA) is 61.0 Å². The maximum atomic E-state index is 12.7. The van der Waals surface area contributed by atoms with Crippen LogP contribution in [0.1, 0.15) is 30.0 Å². The Labute approximate surface area is 158 Å². The first-order valence-electron chi connectivity index (χ1n) is 9.73. The lowest BCUT2D eigenvalue weighted by Gasteiger charge is -2.18. The Morgan fingerprint density at radius 3 is 3.00 bits per heavy atom. The van der Waals surface area contributed by atoms with Gasteiger partial charge in [0.15, 0.2) is 0 Å². The summed E-state index contributed by atoms with van der Waals surface area (Å²) in [5, 5.41) is 4.53. The summed E-state index contributed by atoms with van der Waals surface area (Å²) in [5.74, 6) is 0.665. The number of rotatable bonds is 4. The van der Waals surface area contributed by atoms with Crippen molar-refractivity contribution >= 4 is 22.5 Å². The van der Waals surface area contributed by atoms with E-state index in [-0.39, 0.29) is 17.9 Å². The van der Waals surface area contributed by atoms with Crippen LogP contribution >= 0.6 is 0 Å². The van der Waals surface area contributed by atoms with Gasteiger partial charge >= 0.3 is 0 Å². The number of carbonyl (C=O) groups excluding carboxylic acids is 1. The highest BCUT2D eigenvalue weighted by Crippen LogP contribution is 2.49. The van der Waals surface area contributed by atoms with Gasteiger partial charge in [0.2, 0.25) is 5.91 Å². The van der Waals surface area contributed by atoms with E-state index in [0.717, 1.165) is 42.8 Å². The largest absolute Gasteiger partial charge is 0.368 e. The molecule has 0 spiro atoms. The SMILES string of the molecule is Cc1ccc(N2CC[C@@H](NC(=O)C3CC3c3c[nH]c4ccccc34)C2)cn1. The second kappa shape index (κ2) is 6.41. The molecule has 1 aliphatic carbocycles. The Morgan fingerprint density at radius 1 is 1.26 bits per heavy atom. The summed E-state index contributed by atoms with van der Waals surface area (Å²) in [5.41, 5.74) is 4.60. The Hall–Kier alpha value is -2.82. The van der Waals surface area contributed by atoms with Crippen LogP contribution in [0.2, 0.25) is 0 Å². The number of hydrogen-bond donors (Lipinski definition) is 2. The number of H-pyrrole nitrogens is 1. The molecule has 3 heterocycles. The van der Waals surface area contributed by atoms with Crippen LogP contribution in [0.25, 0.3) is 10.9 Å². The highest BCUT2D eigenvalue weighted by Gasteiger charge is 2.45. The average molecular weight is 360 g/mol. The second-order valence-corrected chi connectivity index (χ2v) is 7.84. The van der Waals surface area contributed by atoms with Crippen molar-refractivity contribution in [3.63, 3.8) is 0 Å². The minimum absolute atomic E-state index is 0.110. The van der Waals surface area contributed by atoms with Gasteiger partial charge in [-0.05, 0) is 49.4 Å². The van der Waals surface area contributed by atoms with Crippen molar-refractivity contribution in [1.29, 1.82) is 0 Å². The lowest BCUT2D eigenvalue weighted by atomic mass is 10.1. The van der Waals surface area contributed by atoms with E-state index in [0.29, 0.717) is 5.92 Å². The van der Waals surface area contributed by atoms with E-state index in [2.05, 4.69) is 50.6 Å². The Balaban J connectivity index is 1.20. The second-order valence-electron chi connectivity index (χ2n) is 7.84. The van der Waals surface area contributed by atoms with Crippen molar-refractivity contribution in [2.75, 3.05) is 18.0 Å². The van der Waals surface area contributed by atoms with Crippen molar-refractivity contribution < 1.29 is 4.79 Å². The van der Waals surface area contributed by atoms with Gasteiger partial charge in [0.05, 0.1) is 11.9 Å². The minimum atomic E-state index is 0.110. The number of amides is 1. The summed E-state index contributed by atoms with van der Waals surface area (Å²) in [7, 11) is 0. The Kier molecular flexibility index (Phi) is 3.88. The first kappa shape index (κ1) is 16.4. The van der Waals surface area contributed by atoms with E-state index in [1.165, 1.54) is 10.9 Å². The van der Waals surface area contributed by atoms with Gasteiger partial charge in [0.1, 0.15) is 0 Å². The van der Waals surface area contributed by atoms with Gasteiger partial charge < -0.3 is 15.2 Å². The van der Waals surface area contributed by atoms with Gasteiger partial charge in [-0.2, -0.15) is 0 Å². The van der Waals surface area contributed by atoms with Crippen LogP contribution in [0.3, 0.4) is 0 Å². The number of carbonyl (C=O) groups is 1. The minimum Gasteiger partial charge on any atom is -0.368 e. The number of pyridine rings is 1. The van der Waals surface area contributed by atoms with Crippen LogP contribution in [-0.2, 0) is 4.79 Å². The van der Waals surface area contributed by atoms with E-state index >= 15 is 0 Å². The normalized spacial score (nSPS) is 24.3. The fraction of sp³-hybridized carbons (Fsp3) is 0.364. The standard InChI is InChI=1S/C22H24N4O/c1-14-6-7-16(11-23-14)26-9-8-15(13-26)25-22(27)19-10-18(19)20-12-24-21-5-3-2-4-17(20)21/h2-7,11-12,15,18-19,24H,8-10,13H2,1H3,(H,25,27)/t15-,18?,19?/m1/s1. The van der Waals surface area contributed by atoms with Crippen LogP contribution in [0, 0.1) is 12.8 Å². The zero-order valence-corrected chi connectivity index (χ0v) is 15.5. The van der Waals surface area contributed by atoms with Crippen LogP contribution < -0.4 is 10.2 Å². The molecule has 1 aliphatic heterocycles. The molecule has 3 aromatic rings. The van der Waals surface area contributed by atoms with Gasteiger partial charge in [0.25, 0.3) is 0 Å². The monoisotopic (exact) mass is 360 g/mol. The molecule has 5 nitrogen and oxygen atoms in total. The number of benzene rings is 1. The number of aryl methyl sites for hydroxylation is 1. The average Bonchev–Trinajstić information content (AvgIpc) is 3.14. The maximum absolute atomic E-state index is 12.7. The van der Waals surface area contributed by atoms with Crippen molar-refractivity contribution in [3.8, 4) is 0 Å². The van der Waals surface area contributed by atoms with Crippen molar-refractivity contribution in [2.24, 2.45) is 5.92 Å². The molecule has 5 rings (SSSR count). The van der Waals surface area contributed by atoms with Crippen molar-refractivity contribution in [2.45, 2.75) is 31.7 Å². The molecule has 27 heavy (non-hydrogen) atoms. The van der Waals surface area contributed by atoms with E-state index in [1.54, 1.807) is 0 Å². The quantitative estimate of drug-likeness (QED) is 0.750. The fourth-order valence-electron chi connectivity index (χ4n) is 4.30. The molecule has 2 aromatic heterocycles. The number of nitrogens with one attached hydrogen (secondary N) is 2.